The van der Waals surface area contributed by atoms with E-state index in [4.69, 9.17) is 0 Å². The average molecular weight is 294 g/mol. The van der Waals surface area contributed by atoms with E-state index in [0.29, 0.717) is 17.9 Å². The first-order valence-corrected chi connectivity index (χ1v) is 7.89. The molecule has 0 aliphatic heterocycles. The van der Waals surface area contributed by atoms with Gasteiger partial charge in [-0.3, -0.25) is 14.3 Å². The fraction of sp³-hybridized carbons (Fsp3) is 0.467. The molecule has 1 unspecified atom stereocenters. The van der Waals surface area contributed by atoms with Crippen LogP contribution in [0.3, 0.4) is 0 Å². The van der Waals surface area contributed by atoms with E-state index in [-0.39, 0.29) is 17.9 Å². The van der Waals surface area contributed by atoms with E-state index < -0.39 is 0 Å². The van der Waals surface area contributed by atoms with Crippen molar-refractivity contribution in [2.45, 2.75) is 33.2 Å². The van der Waals surface area contributed by atoms with Gasteiger partial charge in [-0.2, -0.15) is 0 Å². The van der Waals surface area contributed by atoms with Crippen molar-refractivity contribution in [3.63, 3.8) is 0 Å². The number of amides is 2. The number of nitrogens with one attached hydrogen (secondary N) is 2. The minimum atomic E-state index is -0.111. The van der Waals surface area contributed by atoms with E-state index in [1.807, 2.05) is 32.9 Å². The number of carbonyl (C=O) groups excluding carboxylic acids is 2. The Morgan fingerprint density at radius 2 is 1.75 bits per heavy atom. The summed E-state index contributed by atoms with van der Waals surface area (Å²) in [5.74, 6) is 0.289. The second kappa shape index (κ2) is 7.94. The normalized spacial score (nSPS) is 12.1. The van der Waals surface area contributed by atoms with Gasteiger partial charge in [0.1, 0.15) is 0 Å². The van der Waals surface area contributed by atoms with Gasteiger partial charge in [-0.15, -0.1) is 0 Å². The Hall–Kier alpha value is -1.49. The molecule has 20 heavy (non-hydrogen) atoms. The molecule has 1 atom stereocenters. The molecule has 0 heterocycles. The minimum Gasteiger partial charge on any atom is -0.350 e. The summed E-state index contributed by atoms with van der Waals surface area (Å²) in [7, 11) is 0. The number of benzene rings is 1. The lowest BCUT2D eigenvalue weighted by molar-refractivity contribution is -0.122. The molecule has 2 N–H and O–H groups in total. The topological polar surface area (TPSA) is 58.2 Å². The van der Waals surface area contributed by atoms with Gasteiger partial charge in [-0.25, -0.2) is 0 Å². The molecule has 110 valence electrons. The predicted octanol–water partition coefficient (Wildman–Crippen LogP) is 2.92. The zero-order valence-corrected chi connectivity index (χ0v) is 13.2. The second-order valence-electron chi connectivity index (χ2n) is 5.14. The molecular formula is C15H22N2O2S. The zero-order valence-electron chi connectivity index (χ0n) is 12.4. The average Bonchev–Trinajstić information content (AvgIpc) is 2.38. The number of hydrogen-bond acceptors (Lipinski definition) is 3. The number of hydrogen-bond donors (Lipinski definition) is 2. The van der Waals surface area contributed by atoms with Crippen molar-refractivity contribution in [3.8, 4) is 0 Å². The SMILES string of the molecule is CSNC(=O)c1ccc(C(C)NC(=O)CC(C)C)cc1. The highest BCUT2D eigenvalue weighted by molar-refractivity contribution is 7.97. The van der Waals surface area contributed by atoms with Gasteiger partial charge in [-0.05, 0) is 30.5 Å². The van der Waals surface area contributed by atoms with Crippen LogP contribution in [0.1, 0.15) is 49.2 Å². The van der Waals surface area contributed by atoms with Crippen molar-refractivity contribution in [2.75, 3.05) is 6.26 Å². The Bertz CT molecular complexity index is 457. The fourth-order valence-corrected chi connectivity index (χ4v) is 2.13. The summed E-state index contributed by atoms with van der Waals surface area (Å²) < 4.78 is 2.67. The third-order valence-electron chi connectivity index (χ3n) is 2.84. The van der Waals surface area contributed by atoms with Crippen LogP contribution in [0.15, 0.2) is 24.3 Å². The van der Waals surface area contributed by atoms with Gasteiger partial charge in [0.2, 0.25) is 5.91 Å². The van der Waals surface area contributed by atoms with Crippen LogP contribution in [-0.4, -0.2) is 18.1 Å². The lowest BCUT2D eigenvalue weighted by Gasteiger charge is -2.15. The maximum Gasteiger partial charge on any atom is 0.261 e. The van der Waals surface area contributed by atoms with Crippen LogP contribution in [0.25, 0.3) is 0 Å². The highest BCUT2D eigenvalue weighted by Gasteiger charge is 2.11. The van der Waals surface area contributed by atoms with E-state index in [1.165, 1.54) is 11.9 Å². The quantitative estimate of drug-likeness (QED) is 0.793. The maximum absolute atomic E-state index is 11.7. The van der Waals surface area contributed by atoms with Crippen LogP contribution in [0, 0.1) is 5.92 Å². The van der Waals surface area contributed by atoms with Crippen molar-refractivity contribution in [1.82, 2.24) is 10.0 Å². The van der Waals surface area contributed by atoms with Gasteiger partial charge in [0.25, 0.3) is 5.91 Å². The minimum absolute atomic E-state index is 0.0525. The molecule has 0 spiro atoms. The molecular weight excluding hydrogens is 272 g/mol. The summed E-state index contributed by atoms with van der Waals surface area (Å²) in [4.78, 5) is 23.3. The lowest BCUT2D eigenvalue weighted by atomic mass is 10.0. The van der Waals surface area contributed by atoms with Crippen LogP contribution in [0.4, 0.5) is 0 Å². The third kappa shape index (κ3) is 5.25. The summed E-state index contributed by atoms with van der Waals surface area (Å²) in [6, 6.07) is 7.22. The molecule has 5 heteroatoms. The zero-order chi connectivity index (χ0) is 15.1. The Labute approximate surface area is 124 Å². The van der Waals surface area contributed by atoms with Crippen LogP contribution >= 0.6 is 11.9 Å². The molecule has 1 aromatic carbocycles. The number of rotatable bonds is 6. The molecule has 2 amide bonds. The molecule has 1 rings (SSSR count). The Morgan fingerprint density at radius 3 is 2.25 bits per heavy atom. The molecule has 0 fully saturated rings. The Morgan fingerprint density at radius 1 is 1.15 bits per heavy atom. The van der Waals surface area contributed by atoms with Gasteiger partial charge in [0.05, 0.1) is 6.04 Å². The van der Waals surface area contributed by atoms with E-state index in [0.717, 1.165) is 5.56 Å². The van der Waals surface area contributed by atoms with Gasteiger partial charge >= 0.3 is 0 Å². The maximum atomic E-state index is 11.7. The summed E-state index contributed by atoms with van der Waals surface area (Å²) in [5.41, 5.74) is 1.60. The molecule has 0 bridgehead atoms. The van der Waals surface area contributed by atoms with Crippen molar-refractivity contribution < 1.29 is 9.59 Å². The Balaban J connectivity index is 2.63. The highest BCUT2D eigenvalue weighted by atomic mass is 32.2. The lowest BCUT2D eigenvalue weighted by Crippen LogP contribution is -2.27. The summed E-state index contributed by atoms with van der Waals surface area (Å²) >= 11 is 1.27. The van der Waals surface area contributed by atoms with Crippen LogP contribution in [-0.2, 0) is 4.79 Å². The molecule has 0 aliphatic rings. The first-order valence-electron chi connectivity index (χ1n) is 6.66. The molecule has 0 radical (unpaired) electrons. The van der Waals surface area contributed by atoms with Gasteiger partial charge in [-0.1, -0.05) is 37.9 Å². The molecule has 0 aromatic heterocycles. The van der Waals surface area contributed by atoms with E-state index in [2.05, 4.69) is 10.0 Å². The van der Waals surface area contributed by atoms with E-state index >= 15 is 0 Å². The predicted molar refractivity (Wildman–Crippen MR) is 83.4 cm³/mol. The first-order chi connectivity index (χ1) is 9.43. The Kier molecular flexibility index (Phi) is 6.58. The van der Waals surface area contributed by atoms with Crippen molar-refractivity contribution >= 4 is 23.8 Å². The molecule has 0 saturated carbocycles. The fourth-order valence-electron chi connectivity index (χ4n) is 1.83. The van der Waals surface area contributed by atoms with Gasteiger partial charge in [0, 0.05) is 18.2 Å². The largest absolute Gasteiger partial charge is 0.350 e. The summed E-state index contributed by atoms with van der Waals surface area (Å²) in [5, 5.41) is 2.96. The molecule has 4 nitrogen and oxygen atoms in total. The molecule has 0 aliphatic carbocycles. The van der Waals surface area contributed by atoms with Crippen LogP contribution < -0.4 is 10.0 Å². The van der Waals surface area contributed by atoms with Crippen LogP contribution in [0.5, 0.6) is 0 Å². The summed E-state index contributed by atoms with van der Waals surface area (Å²) in [6.45, 7) is 5.97. The highest BCUT2D eigenvalue weighted by Crippen LogP contribution is 2.14. The smallest absolute Gasteiger partial charge is 0.261 e. The van der Waals surface area contributed by atoms with Gasteiger partial charge in [0.15, 0.2) is 0 Å². The van der Waals surface area contributed by atoms with Crippen molar-refractivity contribution in [2.24, 2.45) is 5.92 Å². The van der Waals surface area contributed by atoms with Crippen molar-refractivity contribution in [3.05, 3.63) is 35.4 Å². The van der Waals surface area contributed by atoms with E-state index in [9.17, 15) is 9.59 Å². The molecule has 1 aromatic rings. The first kappa shape index (κ1) is 16.6. The summed E-state index contributed by atoms with van der Waals surface area (Å²) in [6.07, 6.45) is 2.33. The second-order valence-corrected chi connectivity index (χ2v) is 5.76. The molecule has 0 saturated heterocycles. The van der Waals surface area contributed by atoms with Crippen LogP contribution in [0.2, 0.25) is 0 Å². The van der Waals surface area contributed by atoms with Gasteiger partial charge < -0.3 is 5.32 Å². The monoisotopic (exact) mass is 294 g/mol. The number of carbonyl (C=O) groups is 2. The standard InChI is InChI=1S/C15H22N2O2S/c1-10(2)9-14(18)16-11(3)12-5-7-13(8-6-12)15(19)17-20-4/h5-8,10-11H,9H2,1-4H3,(H,16,18)(H,17,19). The van der Waals surface area contributed by atoms with Crippen molar-refractivity contribution in [1.29, 1.82) is 0 Å². The third-order valence-corrected chi connectivity index (χ3v) is 3.23. The van der Waals surface area contributed by atoms with E-state index in [1.54, 1.807) is 18.4 Å².